The maximum Gasteiger partial charge on any atom is 0.407 e. The average molecular weight is 501 g/mol. The van der Waals surface area contributed by atoms with Gasteiger partial charge in [0.2, 0.25) is 5.91 Å². The minimum atomic E-state index is -0.649. The summed E-state index contributed by atoms with van der Waals surface area (Å²) in [5.74, 6) is 12.4. The molecule has 3 heterocycles. The lowest BCUT2D eigenvalue weighted by molar-refractivity contribution is -0.135. The van der Waals surface area contributed by atoms with Crippen LogP contribution >= 0.6 is 11.3 Å². The molecule has 1 fully saturated rings. The van der Waals surface area contributed by atoms with Crippen molar-refractivity contribution in [2.24, 2.45) is 5.92 Å². The molecule has 0 aliphatic carbocycles. The number of nitrogens with one attached hydrogen (secondary N) is 2. The summed E-state index contributed by atoms with van der Waals surface area (Å²) < 4.78 is 4.71. The van der Waals surface area contributed by atoms with E-state index in [1.54, 1.807) is 17.5 Å². The Hall–Kier alpha value is -4.01. The number of hydrogen-bond donors (Lipinski definition) is 2. The third-order valence-corrected chi connectivity index (χ3v) is 6.80. The van der Waals surface area contributed by atoms with Gasteiger partial charge in [-0.05, 0) is 60.1 Å². The Morgan fingerprint density at radius 1 is 1.19 bits per heavy atom. The number of alkyl carbamates (subject to hydrolysis) is 1. The molecule has 2 atom stereocenters. The van der Waals surface area contributed by atoms with E-state index in [0.29, 0.717) is 6.54 Å². The highest BCUT2D eigenvalue weighted by atomic mass is 32.1. The van der Waals surface area contributed by atoms with Crippen LogP contribution in [-0.2, 0) is 9.53 Å². The predicted molar refractivity (Wildman–Crippen MR) is 140 cm³/mol. The van der Waals surface area contributed by atoms with E-state index in [1.165, 1.54) is 7.11 Å². The largest absolute Gasteiger partial charge is 0.453 e. The second kappa shape index (κ2) is 11.6. The molecule has 3 aromatic rings. The summed E-state index contributed by atoms with van der Waals surface area (Å²) in [6.07, 6.45) is 2.90. The lowest BCUT2D eigenvalue weighted by atomic mass is 10.0. The van der Waals surface area contributed by atoms with Gasteiger partial charge in [0.05, 0.1) is 29.9 Å². The Balaban J connectivity index is 1.45. The molecule has 0 saturated carbocycles. The Bertz CT molecular complexity index is 1320. The maximum atomic E-state index is 13.3. The molecule has 1 aromatic carbocycles. The normalized spacial score (nSPS) is 15.4. The zero-order chi connectivity index (χ0) is 25.5. The first kappa shape index (κ1) is 25.1. The molecule has 2 aromatic heterocycles. The molecule has 36 heavy (non-hydrogen) atoms. The third kappa shape index (κ3) is 5.97. The Morgan fingerprint density at radius 3 is 2.67 bits per heavy atom. The molecule has 1 aliphatic rings. The number of H-pyrrole nitrogens is 1. The van der Waals surface area contributed by atoms with Crippen LogP contribution in [0.2, 0.25) is 0 Å². The molecule has 2 amide bonds. The zero-order valence-corrected chi connectivity index (χ0v) is 21.3. The van der Waals surface area contributed by atoms with Crippen molar-refractivity contribution in [3.63, 3.8) is 0 Å². The standard InChI is InChI=1S/C28H28N4O3S/c1-19(2)25(31-28(34)35-3)27(33)32-16-6-11-24(32)23-18-29-26(30-23)21-14-12-20(13-15-21)8-4-5-9-22-10-7-17-36-22/h7,10,12-15,17-19,24-25H,6,11,16H2,1-3H3,(H,29,30)(H,31,34)/t24-,25-/m0/s1. The van der Waals surface area contributed by atoms with E-state index in [2.05, 4.69) is 39.0 Å². The number of aromatic amines is 1. The molecule has 184 valence electrons. The van der Waals surface area contributed by atoms with Crippen LogP contribution in [-0.4, -0.2) is 46.6 Å². The van der Waals surface area contributed by atoms with Crippen LogP contribution in [0.15, 0.2) is 48.0 Å². The molecular weight excluding hydrogens is 472 g/mol. The van der Waals surface area contributed by atoms with E-state index in [9.17, 15) is 9.59 Å². The number of carbonyl (C=O) groups excluding carboxylic acids is 2. The van der Waals surface area contributed by atoms with Crippen molar-refractivity contribution >= 4 is 23.3 Å². The molecule has 1 aliphatic heterocycles. The van der Waals surface area contributed by atoms with Crippen molar-refractivity contribution in [1.82, 2.24) is 20.2 Å². The van der Waals surface area contributed by atoms with E-state index >= 15 is 0 Å². The molecule has 0 spiro atoms. The van der Waals surface area contributed by atoms with Crippen LogP contribution in [0.1, 0.15) is 48.9 Å². The van der Waals surface area contributed by atoms with Gasteiger partial charge in [-0.25, -0.2) is 9.78 Å². The minimum absolute atomic E-state index is 0.0709. The SMILES string of the molecule is COC(=O)N[C@H](C(=O)N1CCC[C@H]1c1cnc(-c2ccc(C#CC#Cc3cccs3)cc2)[nH]1)C(C)C. The van der Waals surface area contributed by atoms with Crippen molar-refractivity contribution < 1.29 is 14.3 Å². The van der Waals surface area contributed by atoms with Crippen LogP contribution in [0, 0.1) is 29.6 Å². The van der Waals surface area contributed by atoms with Crippen LogP contribution in [0.3, 0.4) is 0 Å². The summed E-state index contributed by atoms with van der Waals surface area (Å²) in [5.41, 5.74) is 2.68. The minimum Gasteiger partial charge on any atom is -0.453 e. The second-order valence-electron chi connectivity index (χ2n) is 8.79. The van der Waals surface area contributed by atoms with Crippen molar-refractivity contribution in [2.45, 2.75) is 38.8 Å². The average Bonchev–Trinajstić information content (AvgIpc) is 3.66. The number of benzene rings is 1. The smallest absolute Gasteiger partial charge is 0.407 e. The fourth-order valence-electron chi connectivity index (χ4n) is 4.14. The van der Waals surface area contributed by atoms with Crippen molar-refractivity contribution in [1.29, 1.82) is 0 Å². The lowest BCUT2D eigenvalue weighted by Gasteiger charge is -2.30. The highest BCUT2D eigenvalue weighted by molar-refractivity contribution is 7.10. The van der Waals surface area contributed by atoms with E-state index in [0.717, 1.165) is 40.4 Å². The van der Waals surface area contributed by atoms with E-state index in [1.807, 2.05) is 60.5 Å². The van der Waals surface area contributed by atoms with Crippen LogP contribution in [0.4, 0.5) is 4.79 Å². The van der Waals surface area contributed by atoms with Crippen molar-refractivity contribution in [3.8, 4) is 35.1 Å². The van der Waals surface area contributed by atoms with Gasteiger partial charge in [0.25, 0.3) is 0 Å². The highest BCUT2D eigenvalue weighted by Gasteiger charge is 2.37. The number of carbonyl (C=O) groups is 2. The first-order chi connectivity index (χ1) is 17.5. The van der Waals surface area contributed by atoms with Gasteiger partial charge in [-0.15, -0.1) is 11.3 Å². The van der Waals surface area contributed by atoms with Gasteiger partial charge >= 0.3 is 6.09 Å². The molecule has 0 bridgehead atoms. The Kier molecular flexibility index (Phi) is 8.10. The first-order valence-corrected chi connectivity index (χ1v) is 12.7. The number of imidazole rings is 1. The van der Waals surface area contributed by atoms with Crippen molar-refractivity contribution in [2.75, 3.05) is 13.7 Å². The number of thiophene rings is 1. The van der Waals surface area contributed by atoms with Gasteiger partial charge in [0.1, 0.15) is 11.9 Å². The monoisotopic (exact) mass is 500 g/mol. The van der Waals surface area contributed by atoms with Gasteiger partial charge in [0, 0.05) is 17.7 Å². The third-order valence-electron chi connectivity index (χ3n) is 6.02. The van der Waals surface area contributed by atoms with Crippen LogP contribution in [0.5, 0.6) is 0 Å². The van der Waals surface area contributed by atoms with E-state index in [4.69, 9.17) is 4.74 Å². The molecule has 8 heteroatoms. The number of methoxy groups -OCH3 is 1. The number of aromatic nitrogens is 2. The quantitative estimate of drug-likeness (QED) is 0.502. The molecular formula is C28H28N4O3S. The highest BCUT2D eigenvalue weighted by Crippen LogP contribution is 2.33. The maximum absolute atomic E-state index is 13.3. The number of rotatable bonds is 5. The molecule has 1 saturated heterocycles. The number of nitrogens with zero attached hydrogens (tertiary/aromatic N) is 2. The number of hydrogen-bond acceptors (Lipinski definition) is 5. The van der Waals surface area contributed by atoms with Crippen LogP contribution < -0.4 is 5.32 Å². The summed E-state index contributed by atoms with van der Waals surface area (Å²) in [5, 5.41) is 4.67. The van der Waals surface area contributed by atoms with Gasteiger partial charge in [-0.1, -0.05) is 38.0 Å². The molecule has 2 N–H and O–H groups in total. The van der Waals surface area contributed by atoms with Crippen molar-refractivity contribution in [3.05, 3.63) is 64.1 Å². The second-order valence-corrected chi connectivity index (χ2v) is 9.74. The van der Waals surface area contributed by atoms with E-state index < -0.39 is 12.1 Å². The van der Waals surface area contributed by atoms with Gasteiger partial charge < -0.3 is 19.9 Å². The number of amides is 2. The summed E-state index contributed by atoms with van der Waals surface area (Å²) in [4.78, 5) is 35.9. The molecule has 7 nitrogen and oxygen atoms in total. The Labute approximate surface area is 215 Å². The summed E-state index contributed by atoms with van der Waals surface area (Å²) >= 11 is 1.59. The summed E-state index contributed by atoms with van der Waals surface area (Å²) in [7, 11) is 1.29. The first-order valence-electron chi connectivity index (χ1n) is 11.8. The topological polar surface area (TPSA) is 87.3 Å². The van der Waals surface area contributed by atoms with Gasteiger partial charge in [0.15, 0.2) is 0 Å². The molecule has 4 rings (SSSR count). The van der Waals surface area contributed by atoms with Crippen LogP contribution in [0.25, 0.3) is 11.4 Å². The fraction of sp³-hybridized carbons (Fsp3) is 0.321. The molecule has 0 unspecified atom stereocenters. The number of likely N-dealkylation sites (tertiary alicyclic amines) is 1. The Morgan fingerprint density at radius 2 is 1.97 bits per heavy atom. The fourth-order valence-corrected chi connectivity index (χ4v) is 4.71. The lowest BCUT2D eigenvalue weighted by Crippen LogP contribution is -2.51. The van der Waals surface area contributed by atoms with E-state index in [-0.39, 0.29) is 17.9 Å². The van der Waals surface area contributed by atoms with Gasteiger partial charge in [-0.2, -0.15) is 0 Å². The summed E-state index contributed by atoms with van der Waals surface area (Å²) in [6.45, 7) is 4.44. The summed E-state index contributed by atoms with van der Waals surface area (Å²) in [6, 6.07) is 11.0. The molecule has 0 radical (unpaired) electrons. The van der Waals surface area contributed by atoms with Gasteiger partial charge in [-0.3, -0.25) is 4.79 Å². The predicted octanol–water partition coefficient (Wildman–Crippen LogP) is 4.59. The zero-order valence-electron chi connectivity index (χ0n) is 20.5. The number of ether oxygens (including phenoxy) is 1.